The van der Waals surface area contributed by atoms with E-state index in [4.69, 9.17) is 4.74 Å². The summed E-state index contributed by atoms with van der Waals surface area (Å²) in [4.78, 5) is 28.7. The van der Waals surface area contributed by atoms with E-state index in [0.717, 1.165) is 4.90 Å². The lowest BCUT2D eigenvalue weighted by Gasteiger charge is -2.18. The highest BCUT2D eigenvalue weighted by molar-refractivity contribution is 7.99. The van der Waals surface area contributed by atoms with E-state index in [-0.39, 0.29) is 29.5 Å². The van der Waals surface area contributed by atoms with E-state index < -0.39 is 10.9 Å². The number of ether oxygens (including phenoxy) is 1. The Labute approximate surface area is 191 Å². The molecule has 0 heterocycles. The molecule has 0 aliphatic heterocycles. The van der Waals surface area contributed by atoms with Gasteiger partial charge in [0.15, 0.2) is 0 Å². The van der Waals surface area contributed by atoms with Crippen LogP contribution in [0.4, 0.5) is 5.69 Å². The Morgan fingerprint density at radius 1 is 1.25 bits per heavy atom. The first-order chi connectivity index (χ1) is 15.3. The lowest BCUT2D eigenvalue weighted by atomic mass is 9.98. The maximum Gasteiger partial charge on any atom is 0.343 e. The summed E-state index contributed by atoms with van der Waals surface area (Å²) in [5.41, 5.74) is 1.02. The number of nitro groups is 1. The molecule has 2 rings (SSSR count). The number of nitrogens with zero attached hydrogens (tertiary/aromatic N) is 2. The van der Waals surface area contributed by atoms with Gasteiger partial charge in [-0.3, -0.25) is 15.1 Å². The largest absolute Gasteiger partial charge is 0.512 e. The average Bonchev–Trinajstić information content (AvgIpc) is 2.79. The summed E-state index contributed by atoms with van der Waals surface area (Å²) in [6.45, 7) is 7.24. The van der Waals surface area contributed by atoms with Gasteiger partial charge in [-0.05, 0) is 36.8 Å². The summed E-state index contributed by atoms with van der Waals surface area (Å²) in [7, 11) is 0. The van der Waals surface area contributed by atoms with Crippen molar-refractivity contribution in [2.24, 2.45) is 10.9 Å². The number of aliphatic imine (C=N–C) groups is 1. The molecule has 0 amide bonds. The number of aliphatic hydroxyl groups excluding tert-OH is 1. The molecule has 0 saturated carbocycles. The molecular formula is C24H26N2O5S. The molecule has 1 unspecified atom stereocenters. The van der Waals surface area contributed by atoms with Gasteiger partial charge in [0.1, 0.15) is 17.9 Å². The van der Waals surface area contributed by atoms with Crippen LogP contribution in [0.1, 0.15) is 19.4 Å². The molecule has 0 spiro atoms. The Kier molecular flexibility index (Phi) is 9.69. The number of esters is 1. The Morgan fingerprint density at radius 2 is 1.91 bits per heavy atom. The number of hydrogen-bond acceptors (Lipinski definition) is 7. The van der Waals surface area contributed by atoms with Crippen molar-refractivity contribution < 1.29 is 19.6 Å². The molecular weight excluding hydrogens is 428 g/mol. The van der Waals surface area contributed by atoms with Crippen molar-refractivity contribution in [3.63, 3.8) is 0 Å². The number of benzene rings is 2. The van der Waals surface area contributed by atoms with E-state index in [2.05, 4.69) is 11.6 Å². The van der Waals surface area contributed by atoms with Gasteiger partial charge in [0.05, 0.1) is 17.2 Å². The smallest absolute Gasteiger partial charge is 0.343 e. The minimum absolute atomic E-state index is 0.0231. The summed E-state index contributed by atoms with van der Waals surface area (Å²) in [5, 5.41) is 21.0. The first-order valence-corrected chi connectivity index (χ1v) is 11.0. The van der Waals surface area contributed by atoms with Crippen molar-refractivity contribution in [1.29, 1.82) is 0 Å². The van der Waals surface area contributed by atoms with Crippen LogP contribution in [0.25, 0.3) is 0 Å². The molecule has 1 atom stereocenters. The monoisotopic (exact) mass is 454 g/mol. The van der Waals surface area contributed by atoms with Gasteiger partial charge in [-0.15, -0.1) is 18.3 Å². The summed E-state index contributed by atoms with van der Waals surface area (Å²) in [6.07, 6.45) is 1.61. The molecule has 2 aromatic rings. The molecule has 32 heavy (non-hydrogen) atoms. The molecule has 0 fully saturated rings. The van der Waals surface area contributed by atoms with Crippen LogP contribution >= 0.6 is 11.8 Å². The van der Waals surface area contributed by atoms with Gasteiger partial charge >= 0.3 is 5.97 Å². The predicted octanol–water partition coefficient (Wildman–Crippen LogP) is 5.53. The molecule has 168 valence electrons. The van der Waals surface area contributed by atoms with Crippen LogP contribution in [0.3, 0.4) is 0 Å². The number of thioether (sulfide) groups is 1. The molecule has 1 N–H and O–H groups in total. The maximum absolute atomic E-state index is 12.9. The lowest BCUT2D eigenvalue weighted by molar-refractivity contribution is -0.384. The highest BCUT2D eigenvalue weighted by Gasteiger charge is 2.25. The number of non-ortho nitro benzene ring substituents is 1. The third-order valence-electron chi connectivity index (χ3n) is 4.44. The fraction of sp³-hybridized carbons (Fsp3) is 0.250. The number of carbonyl (C=O) groups is 1. The van der Waals surface area contributed by atoms with Crippen molar-refractivity contribution >= 4 is 29.1 Å². The highest BCUT2D eigenvalue weighted by Crippen LogP contribution is 2.24. The van der Waals surface area contributed by atoms with Gasteiger partial charge in [-0.25, -0.2) is 4.79 Å². The molecule has 8 heteroatoms. The minimum Gasteiger partial charge on any atom is -0.512 e. The average molecular weight is 455 g/mol. The first-order valence-electron chi connectivity index (χ1n) is 9.97. The third-order valence-corrected chi connectivity index (χ3v) is 5.71. The van der Waals surface area contributed by atoms with E-state index in [1.165, 1.54) is 31.2 Å². The van der Waals surface area contributed by atoms with Crippen molar-refractivity contribution in [2.45, 2.75) is 25.3 Å². The predicted molar refractivity (Wildman–Crippen MR) is 127 cm³/mol. The highest BCUT2D eigenvalue weighted by atomic mass is 32.2. The van der Waals surface area contributed by atoms with Gasteiger partial charge in [0.2, 0.25) is 0 Å². The topological polar surface area (TPSA) is 102 Å². The maximum atomic E-state index is 12.9. The Morgan fingerprint density at radius 3 is 2.47 bits per heavy atom. The number of allylic oxidation sites excluding steroid dienone is 1. The second-order valence-corrected chi connectivity index (χ2v) is 8.09. The fourth-order valence-electron chi connectivity index (χ4n) is 2.83. The zero-order valence-electron chi connectivity index (χ0n) is 18.1. The Balaban J connectivity index is 2.15. The summed E-state index contributed by atoms with van der Waals surface area (Å²) >= 11 is 1.63. The molecule has 7 nitrogen and oxygen atoms in total. The van der Waals surface area contributed by atoms with E-state index >= 15 is 0 Å². The fourth-order valence-corrected chi connectivity index (χ4v) is 3.78. The standard InChI is InChI=1S/C24H26N2O5S/c1-4-14-25-23(17(2)16-32-21-8-6-5-7-9-21)22(18(3)27)24(28)31-15-19-10-12-20(13-11-19)26(29)30/h4-13,17,27H,1,14-16H2,2-3H3/b22-18+,25-23?. The zero-order chi connectivity index (χ0) is 23.5. The number of rotatable bonds is 11. The number of carbonyl (C=O) groups excluding carboxylic acids is 1. The summed E-state index contributed by atoms with van der Waals surface area (Å²) in [6, 6.07) is 15.6. The van der Waals surface area contributed by atoms with Crippen LogP contribution < -0.4 is 0 Å². The Bertz CT molecular complexity index is 997. The summed E-state index contributed by atoms with van der Waals surface area (Å²) in [5.74, 6) is -0.392. The normalized spacial score (nSPS) is 13.1. The van der Waals surface area contributed by atoms with Crippen LogP contribution in [0.5, 0.6) is 0 Å². The lowest BCUT2D eigenvalue weighted by Crippen LogP contribution is -2.25. The molecule has 2 aromatic carbocycles. The third kappa shape index (κ3) is 7.39. The van der Waals surface area contributed by atoms with Crippen molar-refractivity contribution in [1.82, 2.24) is 0 Å². The van der Waals surface area contributed by atoms with E-state index in [1.54, 1.807) is 17.8 Å². The van der Waals surface area contributed by atoms with Crippen LogP contribution in [-0.4, -0.2) is 34.0 Å². The second-order valence-electron chi connectivity index (χ2n) is 7.00. The molecule has 0 aromatic heterocycles. The van der Waals surface area contributed by atoms with Gasteiger partial charge in [-0.1, -0.05) is 31.2 Å². The number of nitro benzene ring substituents is 1. The number of hydrogen-bond donors (Lipinski definition) is 1. The van der Waals surface area contributed by atoms with Crippen molar-refractivity contribution in [2.75, 3.05) is 12.3 Å². The van der Waals surface area contributed by atoms with Crippen LogP contribution in [0.15, 0.2) is 88.5 Å². The van der Waals surface area contributed by atoms with Crippen LogP contribution in [0.2, 0.25) is 0 Å². The minimum atomic E-state index is -0.706. The van der Waals surface area contributed by atoms with Crippen molar-refractivity contribution in [3.05, 3.63) is 94.3 Å². The van der Waals surface area contributed by atoms with E-state index in [9.17, 15) is 20.0 Å². The van der Waals surface area contributed by atoms with Gasteiger partial charge in [0.25, 0.3) is 5.69 Å². The quantitative estimate of drug-likeness (QED) is 0.0700. The number of aliphatic hydroxyl groups is 1. The molecule has 0 radical (unpaired) electrons. The van der Waals surface area contributed by atoms with Gasteiger partial charge < -0.3 is 9.84 Å². The van der Waals surface area contributed by atoms with Crippen molar-refractivity contribution in [3.8, 4) is 0 Å². The van der Waals surface area contributed by atoms with Crippen LogP contribution in [0, 0.1) is 16.0 Å². The Hall–Kier alpha value is -3.39. The van der Waals surface area contributed by atoms with Gasteiger partial charge in [-0.2, -0.15) is 0 Å². The first kappa shape index (κ1) is 24.9. The molecule has 0 saturated heterocycles. The van der Waals surface area contributed by atoms with Gasteiger partial charge in [0, 0.05) is 28.7 Å². The SMILES string of the molecule is C=CCN=C(/C(C(=O)OCc1ccc([N+](=O)[O-])cc1)=C(/C)O)C(C)CSc1ccccc1. The van der Waals surface area contributed by atoms with Crippen LogP contribution in [-0.2, 0) is 16.1 Å². The second kappa shape index (κ2) is 12.5. The van der Waals surface area contributed by atoms with E-state index in [0.29, 0.717) is 23.6 Å². The molecule has 0 bridgehead atoms. The molecule has 0 aliphatic rings. The van der Waals surface area contributed by atoms with E-state index in [1.807, 2.05) is 37.3 Å². The molecule has 0 aliphatic carbocycles. The zero-order valence-corrected chi connectivity index (χ0v) is 18.9. The summed E-state index contributed by atoms with van der Waals surface area (Å²) < 4.78 is 5.39.